The molecule has 0 saturated heterocycles. The van der Waals surface area contributed by atoms with E-state index in [4.69, 9.17) is 4.74 Å². The molecule has 2 rings (SSSR count). The van der Waals surface area contributed by atoms with Crippen molar-refractivity contribution in [1.29, 1.82) is 0 Å². The zero-order valence-electron chi connectivity index (χ0n) is 12.4. The summed E-state index contributed by atoms with van der Waals surface area (Å²) in [5.74, 6) is 0.586. The van der Waals surface area contributed by atoms with Crippen LogP contribution in [-0.4, -0.2) is 37.5 Å². The molecule has 1 aromatic rings. The first kappa shape index (κ1) is 15.5. The summed E-state index contributed by atoms with van der Waals surface area (Å²) in [5.41, 5.74) is 1.44. The van der Waals surface area contributed by atoms with E-state index in [0.29, 0.717) is 18.6 Å². The summed E-state index contributed by atoms with van der Waals surface area (Å²) in [6, 6.07) is 11.6. The van der Waals surface area contributed by atoms with Crippen LogP contribution in [0.1, 0.15) is 43.6 Å². The predicted octanol–water partition coefficient (Wildman–Crippen LogP) is 2.70. The van der Waals surface area contributed by atoms with E-state index in [1.165, 1.54) is 31.2 Å². The summed E-state index contributed by atoms with van der Waals surface area (Å²) >= 11 is 0. The minimum Gasteiger partial charge on any atom is -0.396 e. The van der Waals surface area contributed by atoms with Crippen molar-refractivity contribution in [1.82, 2.24) is 5.32 Å². The number of hydrogen-bond acceptors (Lipinski definition) is 3. The molecule has 3 heteroatoms. The van der Waals surface area contributed by atoms with Crippen LogP contribution in [0.15, 0.2) is 30.3 Å². The Morgan fingerprint density at radius 2 is 2.00 bits per heavy atom. The molecule has 0 radical (unpaired) electrons. The summed E-state index contributed by atoms with van der Waals surface area (Å²) < 4.78 is 5.27. The molecule has 1 saturated carbocycles. The highest BCUT2D eigenvalue weighted by atomic mass is 16.5. The second kappa shape index (κ2) is 8.40. The highest BCUT2D eigenvalue weighted by Gasteiger charge is 2.27. The van der Waals surface area contributed by atoms with Gasteiger partial charge in [-0.15, -0.1) is 0 Å². The largest absolute Gasteiger partial charge is 0.396 e. The van der Waals surface area contributed by atoms with Gasteiger partial charge in [0.15, 0.2) is 0 Å². The molecule has 0 amide bonds. The van der Waals surface area contributed by atoms with Gasteiger partial charge in [-0.3, -0.25) is 0 Å². The molecule has 0 spiro atoms. The second-order valence-electron chi connectivity index (χ2n) is 5.74. The molecule has 112 valence electrons. The Morgan fingerprint density at radius 1 is 1.25 bits per heavy atom. The van der Waals surface area contributed by atoms with Crippen molar-refractivity contribution in [2.24, 2.45) is 0 Å². The number of hydrogen-bond donors (Lipinski definition) is 2. The maximum atomic E-state index is 9.18. The van der Waals surface area contributed by atoms with E-state index in [1.807, 2.05) is 0 Å². The normalized spacial score (nSPS) is 24.5. The van der Waals surface area contributed by atoms with Gasteiger partial charge in [-0.05, 0) is 30.7 Å². The number of nitrogens with one attached hydrogen (secondary N) is 1. The van der Waals surface area contributed by atoms with Crippen LogP contribution in [0.2, 0.25) is 0 Å². The second-order valence-corrected chi connectivity index (χ2v) is 5.74. The van der Waals surface area contributed by atoms with Gasteiger partial charge in [0.1, 0.15) is 0 Å². The fraction of sp³-hybridized carbons (Fsp3) is 0.647. The average Bonchev–Trinajstić information content (AvgIpc) is 2.49. The van der Waals surface area contributed by atoms with Crippen LogP contribution in [0, 0.1) is 0 Å². The molecule has 20 heavy (non-hydrogen) atoms. The van der Waals surface area contributed by atoms with E-state index < -0.39 is 0 Å². The van der Waals surface area contributed by atoms with Crippen LogP contribution in [0.3, 0.4) is 0 Å². The molecule has 1 aliphatic rings. The van der Waals surface area contributed by atoms with Gasteiger partial charge in [-0.25, -0.2) is 0 Å². The van der Waals surface area contributed by atoms with E-state index in [1.54, 1.807) is 7.11 Å². The summed E-state index contributed by atoms with van der Waals surface area (Å²) in [5, 5.41) is 12.9. The highest BCUT2D eigenvalue weighted by molar-refractivity contribution is 5.22. The fourth-order valence-corrected chi connectivity index (χ4v) is 3.30. The van der Waals surface area contributed by atoms with E-state index >= 15 is 0 Å². The Bertz CT molecular complexity index is 363. The Morgan fingerprint density at radius 3 is 2.70 bits per heavy atom. The third-order valence-corrected chi connectivity index (χ3v) is 4.29. The topological polar surface area (TPSA) is 41.5 Å². The number of rotatable bonds is 7. The van der Waals surface area contributed by atoms with E-state index in [-0.39, 0.29) is 12.6 Å². The van der Waals surface area contributed by atoms with Gasteiger partial charge in [0.25, 0.3) is 0 Å². The molecule has 0 aliphatic heterocycles. The smallest absolute Gasteiger partial charge is 0.0616 e. The van der Waals surface area contributed by atoms with Crippen LogP contribution in [0.4, 0.5) is 0 Å². The lowest BCUT2D eigenvalue weighted by molar-refractivity contribution is 0.135. The quantitative estimate of drug-likeness (QED) is 0.805. The first-order chi connectivity index (χ1) is 9.85. The molecule has 0 bridgehead atoms. The van der Waals surface area contributed by atoms with Gasteiger partial charge in [0.05, 0.1) is 6.61 Å². The zero-order valence-corrected chi connectivity index (χ0v) is 12.4. The van der Waals surface area contributed by atoms with Gasteiger partial charge in [-0.1, -0.05) is 43.2 Å². The Balaban J connectivity index is 2.02. The first-order valence-corrected chi connectivity index (χ1v) is 7.76. The van der Waals surface area contributed by atoms with Crippen molar-refractivity contribution in [2.75, 3.05) is 20.3 Å². The lowest BCUT2D eigenvalue weighted by Gasteiger charge is -2.35. The number of methoxy groups -OCH3 is 1. The van der Waals surface area contributed by atoms with Crippen LogP contribution in [-0.2, 0) is 4.74 Å². The molecule has 0 aromatic heterocycles. The van der Waals surface area contributed by atoms with Crippen molar-refractivity contribution in [3.05, 3.63) is 35.9 Å². The van der Waals surface area contributed by atoms with Crippen molar-refractivity contribution in [3.63, 3.8) is 0 Å². The van der Waals surface area contributed by atoms with Crippen molar-refractivity contribution in [3.8, 4) is 0 Å². The SMILES string of the molecule is COCC(CCO)NC1CCCCC1c1ccccc1. The summed E-state index contributed by atoms with van der Waals surface area (Å²) in [6.07, 6.45) is 5.82. The maximum absolute atomic E-state index is 9.18. The lowest BCUT2D eigenvalue weighted by atomic mass is 9.79. The van der Waals surface area contributed by atoms with Gasteiger partial charge >= 0.3 is 0 Å². The molecule has 3 nitrogen and oxygen atoms in total. The van der Waals surface area contributed by atoms with Gasteiger partial charge in [0, 0.05) is 25.8 Å². The standard InChI is InChI=1S/C17H27NO2/c1-20-13-15(11-12-19)18-17-10-6-5-9-16(17)14-7-3-2-4-8-14/h2-4,7-8,15-19H,5-6,9-13H2,1H3. The molecule has 2 N–H and O–H groups in total. The van der Waals surface area contributed by atoms with Crippen LogP contribution < -0.4 is 5.32 Å². The highest BCUT2D eigenvalue weighted by Crippen LogP contribution is 2.33. The fourth-order valence-electron chi connectivity index (χ4n) is 3.30. The summed E-state index contributed by atoms with van der Waals surface area (Å²) in [4.78, 5) is 0. The average molecular weight is 277 g/mol. The maximum Gasteiger partial charge on any atom is 0.0616 e. The van der Waals surface area contributed by atoms with Gasteiger partial charge in [0.2, 0.25) is 0 Å². The lowest BCUT2D eigenvalue weighted by Crippen LogP contribution is -2.45. The van der Waals surface area contributed by atoms with E-state index in [0.717, 1.165) is 6.42 Å². The Hall–Kier alpha value is -0.900. The molecule has 3 unspecified atom stereocenters. The van der Waals surface area contributed by atoms with E-state index in [2.05, 4.69) is 35.6 Å². The minimum atomic E-state index is 0.212. The number of benzene rings is 1. The molecular weight excluding hydrogens is 250 g/mol. The van der Waals surface area contributed by atoms with Crippen LogP contribution in [0.25, 0.3) is 0 Å². The molecule has 1 aliphatic carbocycles. The Kier molecular flexibility index (Phi) is 6.51. The van der Waals surface area contributed by atoms with Gasteiger partial charge in [-0.2, -0.15) is 0 Å². The summed E-state index contributed by atoms with van der Waals surface area (Å²) in [7, 11) is 1.72. The molecule has 1 fully saturated rings. The number of ether oxygens (including phenoxy) is 1. The van der Waals surface area contributed by atoms with Crippen LogP contribution >= 0.6 is 0 Å². The Labute approximate surface area is 122 Å². The van der Waals surface area contributed by atoms with E-state index in [9.17, 15) is 5.11 Å². The third kappa shape index (κ3) is 4.30. The molecule has 1 aromatic carbocycles. The first-order valence-electron chi connectivity index (χ1n) is 7.76. The number of aliphatic hydroxyl groups is 1. The van der Waals surface area contributed by atoms with Crippen molar-refractivity contribution >= 4 is 0 Å². The van der Waals surface area contributed by atoms with Crippen LogP contribution in [0.5, 0.6) is 0 Å². The monoisotopic (exact) mass is 277 g/mol. The zero-order chi connectivity index (χ0) is 14.2. The number of aliphatic hydroxyl groups excluding tert-OH is 1. The molecular formula is C17H27NO2. The molecule has 3 atom stereocenters. The summed E-state index contributed by atoms with van der Waals surface area (Å²) in [6.45, 7) is 0.877. The molecule has 0 heterocycles. The van der Waals surface area contributed by atoms with Gasteiger partial charge < -0.3 is 15.2 Å². The van der Waals surface area contributed by atoms with Crippen molar-refractivity contribution < 1.29 is 9.84 Å². The minimum absolute atomic E-state index is 0.212. The predicted molar refractivity (Wildman–Crippen MR) is 81.9 cm³/mol. The van der Waals surface area contributed by atoms with Crippen molar-refractivity contribution in [2.45, 2.75) is 50.1 Å². The third-order valence-electron chi connectivity index (χ3n) is 4.29.